The van der Waals surface area contributed by atoms with Crippen LogP contribution in [-0.2, 0) is 18.3 Å². The van der Waals surface area contributed by atoms with Gasteiger partial charge in [0.2, 0.25) is 5.88 Å². The fourth-order valence-electron chi connectivity index (χ4n) is 1.42. The van der Waals surface area contributed by atoms with Crippen molar-refractivity contribution >= 4 is 6.09 Å². The lowest BCUT2D eigenvalue weighted by Gasteiger charge is -2.24. The Hall–Kier alpha value is -1.72. The standard InChI is InChI=1S/C12H21N3O3/c1-12(2,3)18-11(16)14(4)8-9-7-10(17-6)15(5)13-9/h7H,8H2,1-6H3. The molecule has 0 N–H and O–H groups in total. The van der Waals surface area contributed by atoms with Crippen molar-refractivity contribution in [3.8, 4) is 5.88 Å². The SMILES string of the molecule is COc1cc(CN(C)C(=O)OC(C)(C)C)nn1C. The Balaban J connectivity index is 2.63. The third kappa shape index (κ3) is 3.94. The highest BCUT2D eigenvalue weighted by Crippen LogP contribution is 2.14. The molecular weight excluding hydrogens is 234 g/mol. The van der Waals surface area contributed by atoms with E-state index >= 15 is 0 Å². The molecular formula is C12H21N3O3. The second-order valence-corrected chi connectivity index (χ2v) is 5.14. The Morgan fingerprint density at radius 3 is 2.56 bits per heavy atom. The molecule has 18 heavy (non-hydrogen) atoms. The van der Waals surface area contributed by atoms with Gasteiger partial charge in [-0.3, -0.25) is 0 Å². The third-order valence-corrected chi connectivity index (χ3v) is 2.20. The monoisotopic (exact) mass is 255 g/mol. The van der Waals surface area contributed by atoms with Crippen LogP contribution in [0.5, 0.6) is 5.88 Å². The van der Waals surface area contributed by atoms with Gasteiger partial charge in [0.15, 0.2) is 0 Å². The zero-order valence-electron chi connectivity index (χ0n) is 11.9. The molecule has 0 radical (unpaired) electrons. The number of hydrogen-bond acceptors (Lipinski definition) is 4. The van der Waals surface area contributed by atoms with E-state index in [2.05, 4.69) is 5.10 Å². The van der Waals surface area contributed by atoms with Crippen LogP contribution in [0, 0.1) is 0 Å². The zero-order chi connectivity index (χ0) is 13.9. The van der Waals surface area contributed by atoms with Gasteiger partial charge in [-0.1, -0.05) is 0 Å². The van der Waals surface area contributed by atoms with Gasteiger partial charge in [0.1, 0.15) is 5.60 Å². The molecule has 6 nitrogen and oxygen atoms in total. The van der Waals surface area contributed by atoms with Crippen molar-refractivity contribution in [3.05, 3.63) is 11.8 Å². The lowest BCUT2D eigenvalue weighted by Crippen LogP contribution is -2.33. The van der Waals surface area contributed by atoms with Gasteiger partial charge in [-0.15, -0.1) is 0 Å². The van der Waals surface area contributed by atoms with Gasteiger partial charge in [-0.2, -0.15) is 5.10 Å². The van der Waals surface area contributed by atoms with Crippen LogP contribution < -0.4 is 4.74 Å². The predicted octanol–water partition coefficient (Wildman–Crippen LogP) is 1.80. The zero-order valence-corrected chi connectivity index (χ0v) is 11.9. The molecule has 0 spiro atoms. The molecule has 1 heterocycles. The highest BCUT2D eigenvalue weighted by molar-refractivity contribution is 5.67. The quantitative estimate of drug-likeness (QED) is 0.826. The first-order valence-electron chi connectivity index (χ1n) is 5.74. The maximum atomic E-state index is 11.8. The Kier molecular flexibility index (Phi) is 4.21. The summed E-state index contributed by atoms with van der Waals surface area (Å²) in [7, 11) is 5.05. The van der Waals surface area contributed by atoms with Gasteiger partial charge in [-0.25, -0.2) is 9.48 Å². The van der Waals surface area contributed by atoms with Crippen molar-refractivity contribution < 1.29 is 14.3 Å². The minimum atomic E-state index is -0.493. The fourth-order valence-corrected chi connectivity index (χ4v) is 1.42. The maximum Gasteiger partial charge on any atom is 0.410 e. The summed E-state index contributed by atoms with van der Waals surface area (Å²) in [6.07, 6.45) is -0.368. The minimum Gasteiger partial charge on any atom is -0.481 e. The molecule has 6 heteroatoms. The third-order valence-electron chi connectivity index (χ3n) is 2.20. The molecule has 0 bridgehead atoms. The molecule has 0 aliphatic heterocycles. The molecule has 0 saturated carbocycles. The van der Waals surface area contributed by atoms with Crippen molar-refractivity contribution in [1.82, 2.24) is 14.7 Å². The van der Waals surface area contributed by atoms with Crippen molar-refractivity contribution in [3.63, 3.8) is 0 Å². The van der Waals surface area contributed by atoms with E-state index in [9.17, 15) is 4.79 Å². The van der Waals surface area contributed by atoms with Gasteiger partial charge < -0.3 is 14.4 Å². The molecule has 1 aromatic heterocycles. The molecule has 0 fully saturated rings. The Labute approximate surface area is 107 Å². The summed E-state index contributed by atoms with van der Waals surface area (Å²) >= 11 is 0. The van der Waals surface area contributed by atoms with Gasteiger partial charge in [0, 0.05) is 20.2 Å². The van der Waals surface area contributed by atoms with Crippen molar-refractivity contribution in [1.29, 1.82) is 0 Å². The van der Waals surface area contributed by atoms with Crippen molar-refractivity contribution in [2.45, 2.75) is 32.9 Å². The van der Waals surface area contributed by atoms with E-state index in [1.54, 1.807) is 32.0 Å². The van der Waals surface area contributed by atoms with E-state index in [0.29, 0.717) is 12.4 Å². The van der Waals surface area contributed by atoms with E-state index in [1.165, 1.54) is 4.90 Å². The maximum absolute atomic E-state index is 11.8. The van der Waals surface area contributed by atoms with Crippen LogP contribution in [0.4, 0.5) is 4.79 Å². The second-order valence-electron chi connectivity index (χ2n) is 5.14. The molecule has 0 atom stereocenters. The van der Waals surface area contributed by atoms with Gasteiger partial charge in [0.25, 0.3) is 0 Å². The molecule has 1 aromatic rings. The largest absolute Gasteiger partial charge is 0.481 e. The Bertz CT molecular complexity index is 421. The van der Waals surface area contributed by atoms with Gasteiger partial charge in [0.05, 0.1) is 19.3 Å². The highest BCUT2D eigenvalue weighted by Gasteiger charge is 2.20. The van der Waals surface area contributed by atoms with Crippen LogP contribution in [0.15, 0.2) is 6.07 Å². The number of aromatic nitrogens is 2. The first-order valence-corrected chi connectivity index (χ1v) is 5.74. The normalized spacial score (nSPS) is 11.2. The van der Waals surface area contributed by atoms with Crippen molar-refractivity contribution in [2.75, 3.05) is 14.2 Å². The average Bonchev–Trinajstić information content (AvgIpc) is 2.56. The van der Waals surface area contributed by atoms with E-state index in [-0.39, 0.29) is 6.09 Å². The number of amides is 1. The summed E-state index contributed by atoms with van der Waals surface area (Å²) in [5.41, 5.74) is 0.260. The van der Waals surface area contributed by atoms with E-state index in [0.717, 1.165) is 5.69 Å². The summed E-state index contributed by atoms with van der Waals surface area (Å²) in [6.45, 7) is 5.89. The molecule has 1 rings (SSSR count). The Morgan fingerprint density at radius 2 is 2.11 bits per heavy atom. The highest BCUT2D eigenvalue weighted by atomic mass is 16.6. The average molecular weight is 255 g/mol. The number of nitrogens with zero attached hydrogens (tertiary/aromatic N) is 3. The lowest BCUT2D eigenvalue weighted by molar-refractivity contribution is 0.0283. The number of rotatable bonds is 3. The molecule has 102 valence electrons. The summed E-state index contributed by atoms with van der Waals surface area (Å²) in [5.74, 6) is 0.655. The number of hydrogen-bond donors (Lipinski definition) is 0. The fraction of sp³-hybridized carbons (Fsp3) is 0.667. The number of methoxy groups -OCH3 is 1. The van der Waals surface area contributed by atoms with Crippen LogP contribution in [0.1, 0.15) is 26.5 Å². The smallest absolute Gasteiger partial charge is 0.410 e. The van der Waals surface area contributed by atoms with Crippen LogP contribution in [-0.4, -0.2) is 40.5 Å². The number of ether oxygens (including phenoxy) is 2. The molecule has 0 aliphatic rings. The van der Waals surface area contributed by atoms with Gasteiger partial charge in [-0.05, 0) is 20.8 Å². The van der Waals surface area contributed by atoms with Crippen LogP contribution >= 0.6 is 0 Å². The molecule has 0 aliphatic carbocycles. The number of carbonyl (C=O) groups is 1. The number of carbonyl (C=O) groups excluding carboxylic acids is 1. The molecule has 0 aromatic carbocycles. The topological polar surface area (TPSA) is 56.6 Å². The summed E-state index contributed by atoms with van der Waals surface area (Å²) < 4.78 is 12.0. The van der Waals surface area contributed by atoms with E-state index in [1.807, 2.05) is 20.8 Å². The van der Waals surface area contributed by atoms with E-state index in [4.69, 9.17) is 9.47 Å². The molecule has 0 unspecified atom stereocenters. The second kappa shape index (κ2) is 5.29. The first-order chi connectivity index (χ1) is 8.23. The Morgan fingerprint density at radius 1 is 1.50 bits per heavy atom. The first kappa shape index (κ1) is 14.3. The molecule has 1 amide bonds. The van der Waals surface area contributed by atoms with Crippen molar-refractivity contribution in [2.24, 2.45) is 7.05 Å². The minimum absolute atomic E-state index is 0.368. The van der Waals surface area contributed by atoms with Crippen LogP contribution in [0.25, 0.3) is 0 Å². The lowest BCUT2D eigenvalue weighted by atomic mass is 10.2. The predicted molar refractivity (Wildman–Crippen MR) is 67.5 cm³/mol. The summed E-state index contributed by atoms with van der Waals surface area (Å²) in [6, 6.07) is 1.79. The summed E-state index contributed by atoms with van der Waals surface area (Å²) in [4.78, 5) is 13.2. The summed E-state index contributed by atoms with van der Waals surface area (Å²) in [5, 5.41) is 4.24. The number of aryl methyl sites for hydroxylation is 1. The van der Waals surface area contributed by atoms with E-state index < -0.39 is 5.60 Å². The van der Waals surface area contributed by atoms with Crippen LogP contribution in [0.3, 0.4) is 0 Å². The van der Waals surface area contributed by atoms with Crippen LogP contribution in [0.2, 0.25) is 0 Å². The molecule has 0 saturated heterocycles. The van der Waals surface area contributed by atoms with Gasteiger partial charge >= 0.3 is 6.09 Å².